The van der Waals surface area contributed by atoms with Gasteiger partial charge in [-0.25, -0.2) is 0 Å². The maximum Gasteiger partial charge on any atom is 0.128 e. The molecule has 6 rings (SSSR count). The van der Waals surface area contributed by atoms with Crippen molar-refractivity contribution in [3.05, 3.63) is 129 Å². The number of rotatable bonds is 6. The molecule has 2 aromatic heterocycles. The molecule has 0 fully saturated rings. The Bertz CT molecular complexity index is 1610. The van der Waals surface area contributed by atoms with Crippen LogP contribution in [0.15, 0.2) is 97.1 Å². The highest BCUT2D eigenvalue weighted by Crippen LogP contribution is 2.35. The van der Waals surface area contributed by atoms with Gasteiger partial charge in [0.25, 0.3) is 0 Å². The maximum atomic E-state index is 6.27. The minimum Gasteiger partial charge on any atom is -0.457 e. The number of hydrogen-bond acceptors (Lipinski definition) is 3. The summed E-state index contributed by atoms with van der Waals surface area (Å²) in [7, 11) is 0. The van der Waals surface area contributed by atoms with Crippen LogP contribution in [0.5, 0.6) is 11.5 Å². The molecule has 6 aromatic rings. The largest absolute Gasteiger partial charge is 0.457 e. The molecule has 4 aromatic carbocycles. The molecule has 0 saturated carbocycles. The van der Waals surface area contributed by atoms with E-state index < -0.39 is 0 Å². The Morgan fingerprint density at radius 3 is 1.35 bits per heavy atom. The van der Waals surface area contributed by atoms with Crippen LogP contribution in [0.1, 0.15) is 32.0 Å². The second kappa shape index (κ2) is 10.2. The zero-order valence-electron chi connectivity index (χ0n) is 20.8. The first kappa shape index (κ1) is 23.5. The van der Waals surface area contributed by atoms with Crippen molar-refractivity contribution in [1.29, 1.82) is 0 Å². The molecule has 2 heterocycles. The fourth-order valence-corrected chi connectivity index (χ4v) is 6.19. The summed E-state index contributed by atoms with van der Waals surface area (Å²) in [4.78, 5) is 2.47. The highest BCUT2D eigenvalue weighted by Gasteiger charge is 2.06. The van der Waals surface area contributed by atoms with Crippen LogP contribution in [0.4, 0.5) is 0 Å². The predicted molar refractivity (Wildman–Crippen MR) is 164 cm³/mol. The first-order valence-electron chi connectivity index (χ1n) is 12.3. The van der Waals surface area contributed by atoms with Crippen LogP contribution in [0.2, 0.25) is 0 Å². The molecule has 37 heavy (non-hydrogen) atoms. The highest BCUT2D eigenvalue weighted by molar-refractivity contribution is 7.20. The van der Waals surface area contributed by atoms with Gasteiger partial charge in [0.1, 0.15) is 11.5 Å². The number of ether oxygens (including phenoxy) is 1. The lowest BCUT2D eigenvalue weighted by Crippen LogP contribution is -1.82. The van der Waals surface area contributed by atoms with Crippen LogP contribution in [0.25, 0.3) is 44.5 Å². The van der Waals surface area contributed by atoms with E-state index in [1.54, 1.807) is 22.7 Å². The first-order valence-corrected chi connectivity index (χ1v) is 14.0. The molecule has 0 spiro atoms. The van der Waals surface area contributed by atoms with Crippen molar-refractivity contribution in [2.75, 3.05) is 0 Å². The Kier molecular flexibility index (Phi) is 6.48. The molecule has 0 N–H and O–H groups in total. The van der Waals surface area contributed by atoms with Crippen LogP contribution >= 0.6 is 22.7 Å². The van der Waals surface area contributed by atoms with E-state index in [0.29, 0.717) is 0 Å². The van der Waals surface area contributed by atoms with E-state index in [2.05, 4.69) is 135 Å². The molecule has 3 heteroatoms. The molecule has 0 unspecified atom stereocenters. The third-order valence-electron chi connectivity index (χ3n) is 6.29. The smallest absolute Gasteiger partial charge is 0.128 e. The van der Waals surface area contributed by atoms with Gasteiger partial charge >= 0.3 is 0 Å². The lowest BCUT2D eigenvalue weighted by atomic mass is 10.1. The van der Waals surface area contributed by atoms with Gasteiger partial charge in [0.05, 0.1) is 0 Å². The number of thiophene rings is 2. The standard InChI is InChI=1S/C34H26OS2/c1-23-3-7-25(8-4-23)11-17-31-19-27-13-15-29(21-33(27)36-31)35-30-16-14-28-20-32(37-34(28)22-30)18-12-26-9-5-24(2)6-10-26/h3-22H,1-2H3/b17-11+,18-12+. The number of hydrogen-bond donors (Lipinski definition) is 0. The Morgan fingerprint density at radius 1 is 0.486 bits per heavy atom. The lowest BCUT2D eigenvalue weighted by Gasteiger charge is -2.05. The minimum atomic E-state index is 0.860. The zero-order chi connectivity index (χ0) is 25.2. The summed E-state index contributed by atoms with van der Waals surface area (Å²) in [6, 6.07) is 34.3. The van der Waals surface area contributed by atoms with E-state index in [9.17, 15) is 0 Å². The molecule has 180 valence electrons. The Balaban J connectivity index is 1.18. The van der Waals surface area contributed by atoms with Crippen LogP contribution in [-0.4, -0.2) is 0 Å². The van der Waals surface area contributed by atoms with Crippen LogP contribution in [0.3, 0.4) is 0 Å². The van der Waals surface area contributed by atoms with Crippen LogP contribution < -0.4 is 4.74 Å². The minimum absolute atomic E-state index is 0.860. The third-order valence-corrected chi connectivity index (χ3v) is 8.42. The van der Waals surface area contributed by atoms with Crippen molar-refractivity contribution < 1.29 is 4.74 Å². The molecule has 0 aliphatic carbocycles. The fourth-order valence-electron chi connectivity index (χ4n) is 4.20. The number of fused-ring (bicyclic) bond motifs is 2. The Morgan fingerprint density at radius 2 is 0.919 bits per heavy atom. The van der Waals surface area contributed by atoms with Gasteiger partial charge in [-0.1, -0.05) is 71.8 Å². The van der Waals surface area contributed by atoms with Gasteiger partial charge in [-0.3, -0.25) is 0 Å². The Labute approximate surface area is 225 Å². The average molecular weight is 515 g/mol. The van der Waals surface area contributed by atoms with Gasteiger partial charge in [0.15, 0.2) is 0 Å². The fraction of sp³-hybridized carbons (Fsp3) is 0.0588. The van der Waals surface area contributed by atoms with Crippen molar-refractivity contribution >= 4 is 67.1 Å². The van der Waals surface area contributed by atoms with Gasteiger partial charge in [-0.2, -0.15) is 0 Å². The Hall–Kier alpha value is -3.92. The van der Waals surface area contributed by atoms with Gasteiger partial charge in [0, 0.05) is 19.2 Å². The van der Waals surface area contributed by atoms with Crippen molar-refractivity contribution in [3.8, 4) is 11.5 Å². The monoisotopic (exact) mass is 514 g/mol. The maximum absolute atomic E-state index is 6.27. The molecule has 1 nitrogen and oxygen atoms in total. The van der Waals surface area contributed by atoms with Crippen LogP contribution in [-0.2, 0) is 0 Å². The molecule has 0 aliphatic heterocycles. The summed E-state index contributed by atoms with van der Waals surface area (Å²) in [6.07, 6.45) is 8.71. The summed E-state index contributed by atoms with van der Waals surface area (Å²) < 4.78 is 8.72. The number of benzene rings is 4. The predicted octanol–water partition coefficient (Wildman–Crippen LogP) is 10.9. The second-order valence-corrected chi connectivity index (χ2v) is 11.5. The van der Waals surface area contributed by atoms with E-state index in [0.717, 1.165) is 11.5 Å². The van der Waals surface area contributed by atoms with Crippen LogP contribution in [0, 0.1) is 13.8 Å². The summed E-state index contributed by atoms with van der Waals surface area (Å²) in [5, 5.41) is 2.47. The zero-order valence-corrected chi connectivity index (χ0v) is 22.4. The highest BCUT2D eigenvalue weighted by atomic mass is 32.1. The SMILES string of the molecule is Cc1ccc(/C=C/c2cc3ccc(Oc4ccc5cc(/C=C/c6ccc(C)cc6)sc5c4)cc3s2)cc1. The molecule has 0 bridgehead atoms. The normalized spacial score (nSPS) is 11.8. The van der Waals surface area contributed by atoms with E-state index in [4.69, 9.17) is 4.74 Å². The van der Waals surface area contributed by atoms with Gasteiger partial charge < -0.3 is 4.74 Å². The molecule has 0 radical (unpaired) electrons. The molecular weight excluding hydrogens is 489 g/mol. The topological polar surface area (TPSA) is 9.23 Å². The van der Waals surface area contributed by atoms with E-state index in [-0.39, 0.29) is 0 Å². The molecule has 0 saturated heterocycles. The van der Waals surface area contributed by atoms with E-state index >= 15 is 0 Å². The van der Waals surface area contributed by atoms with Gasteiger partial charge in [-0.05, 0) is 96.4 Å². The summed E-state index contributed by atoms with van der Waals surface area (Å²) in [6.45, 7) is 4.22. The first-order chi connectivity index (χ1) is 18.1. The second-order valence-electron chi connectivity index (χ2n) is 9.29. The van der Waals surface area contributed by atoms with E-state index in [1.165, 1.54) is 52.2 Å². The van der Waals surface area contributed by atoms with Gasteiger partial charge in [0.2, 0.25) is 0 Å². The summed E-state index contributed by atoms with van der Waals surface area (Å²) in [5.74, 6) is 1.72. The molecule has 0 aliphatic rings. The third kappa shape index (κ3) is 5.59. The van der Waals surface area contributed by atoms with E-state index in [1.807, 2.05) is 0 Å². The van der Waals surface area contributed by atoms with Crippen molar-refractivity contribution in [2.45, 2.75) is 13.8 Å². The molecule has 0 atom stereocenters. The van der Waals surface area contributed by atoms with Crippen molar-refractivity contribution in [2.24, 2.45) is 0 Å². The molecular formula is C34H26OS2. The lowest BCUT2D eigenvalue weighted by molar-refractivity contribution is 0.484. The quantitative estimate of drug-likeness (QED) is 0.215. The van der Waals surface area contributed by atoms with Crippen molar-refractivity contribution in [3.63, 3.8) is 0 Å². The molecule has 0 amide bonds. The van der Waals surface area contributed by atoms with Gasteiger partial charge in [-0.15, -0.1) is 22.7 Å². The number of aryl methyl sites for hydroxylation is 2. The summed E-state index contributed by atoms with van der Waals surface area (Å²) in [5.41, 5.74) is 4.98. The summed E-state index contributed by atoms with van der Waals surface area (Å²) >= 11 is 3.56. The average Bonchev–Trinajstić information content (AvgIpc) is 3.51. The van der Waals surface area contributed by atoms with Crippen molar-refractivity contribution in [1.82, 2.24) is 0 Å².